The summed E-state index contributed by atoms with van der Waals surface area (Å²) in [6.45, 7) is 11.0. The minimum atomic E-state index is -0.363. The third kappa shape index (κ3) is 6.45. The number of likely N-dealkylation sites (N-methyl/N-ethyl adjacent to an activating group) is 1. The molecule has 3 amide bonds. The predicted octanol–water partition coefficient (Wildman–Crippen LogP) is 4.40. The van der Waals surface area contributed by atoms with Gasteiger partial charge in [0.1, 0.15) is 0 Å². The highest BCUT2D eigenvalue weighted by Gasteiger charge is 2.31. The molecule has 2 aromatic rings. The Labute approximate surface area is 215 Å². The maximum absolute atomic E-state index is 13.8. The summed E-state index contributed by atoms with van der Waals surface area (Å²) < 4.78 is 6.48. The van der Waals surface area contributed by atoms with Gasteiger partial charge in [-0.3, -0.25) is 4.79 Å². The first-order chi connectivity index (χ1) is 17.1. The number of aliphatic hydroxyl groups excluding tert-OH is 1. The van der Waals surface area contributed by atoms with Crippen LogP contribution >= 0.6 is 0 Å². The molecule has 0 unspecified atom stereocenters. The number of nitrogens with one attached hydrogen (secondary N) is 1. The third-order valence-electron chi connectivity index (χ3n) is 7.25. The van der Waals surface area contributed by atoms with Crippen molar-refractivity contribution in [3.8, 4) is 11.1 Å². The normalized spacial score (nSPS) is 20.1. The van der Waals surface area contributed by atoms with Crippen LogP contribution in [0.5, 0.6) is 0 Å². The van der Waals surface area contributed by atoms with Crippen LogP contribution in [0.4, 0.5) is 4.79 Å². The first-order valence-corrected chi connectivity index (χ1v) is 12.9. The Hall–Kier alpha value is -2.90. The van der Waals surface area contributed by atoms with Gasteiger partial charge in [-0.25, -0.2) is 4.79 Å². The molecule has 0 saturated carbocycles. The highest BCUT2D eigenvalue weighted by molar-refractivity contribution is 6.01. The molecule has 2 aromatic carbocycles. The highest BCUT2D eigenvalue weighted by Crippen LogP contribution is 2.31. The van der Waals surface area contributed by atoms with Gasteiger partial charge in [0.15, 0.2) is 0 Å². The number of nitrogens with zero attached hydrogens (tertiary/aromatic N) is 2. The molecule has 196 valence electrons. The second-order valence-electron chi connectivity index (χ2n) is 10.4. The summed E-state index contributed by atoms with van der Waals surface area (Å²) in [5, 5.41) is 13.0. The molecule has 0 aliphatic carbocycles. The van der Waals surface area contributed by atoms with Crippen LogP contribution in [0.25, 0.3) is 11.1 Å². The highest BCUT2D eigenvalue weighted by atomic mass is 16.5. The van der Waals surface area contributed by atoms with Gasteiger partial charge in [0.05, 0.1) is 25.4 Å². The second-order valence-corrected chi connectivity index (χ2v) is 10.4. The molecule has 0 aromatic heterocycles. The third-order valence-corrected chi connectivity index (χ3v) is 7.25. The lowest BCUT2D eigenvalue weighted by atomic mass is 9.94. The number of carbonyl (C=O) groups is 2. The van der Waals surface area contributed by atoms with E-state index in [-0.39, 0.29) is 42.7 Å². The topological polar surface area (TPSA) is 82.1 Å². The van der Waals surface area contributed by atoms with Crippen LogP contribution in [0, 0.1) is 11.8 Å². The van der Waals surface area contributed by atoms with Crippen LogP contribution in [0.1, 0.15) is 50.5 Å². The monoisotopic (exact) mass is 495 g/mol. The molecule has 7 nitrogen and oxygen atoms in total. The standard InChI is InChI=1S/C29H41N3O4/c1-19(2)22(5)30-29(35)31(6)16-27-20(3)15-32(21(4)17-33)28(34)26-14-10-9-13-25(26)24-12-8-7-11-23(24)18-36-27/h7-14,19-22,27,33H,15-18H2,1-6H3,(H,30,35)/t20-,21+,22+,27-/m1/s1. The van der Waals surface area contributed by atoms with Gasteiger partial charge < -0.3 is 25.0 Å². The van der Waals surface area contributed by atoms with Crippen LogP contribution in [-0.4, -0.2) is 71.8 Å². The summed E-state index contributed by atoms with van der Waals surface area (Å²) in [5.74, 6) is 0.122. The van der Waals surface area contributed by atoms with E-state index >= 15 is 0 Å². The molecule has 0 bridgehead atoms. The van der Waals surface area contributed by atoms with Crippen LogP contribution < -0.4 is 5.32 Å². The molecule has 0 saturated heterocycles. The first-order valence-electron chi connectivity index (χ1n) is 12.9. The Balaban J connectivity index is 1.97. The summed E-state index contributed by atoms with van der Waals surface area (Å²) in [6.07, 6.45) is -0.314. The van der Waals surface area contributed by atoms with Gasteiger partial charge in [0, 0.05) is 37.7 Å². The molecular formula is C29H41N3O4. The molecular weight excluding hydrogens is 454 g/mol. The van der Waals surface area contributed by atoms with Crippen molar-refractivity contribution in [2.24, 2.45) is 11.8 Å². The lowest BCUT2D eigenvalue weighted by molar-refractivity contribution is -0.0185. The Morgan fingerprint density at radius 1 is 1.08 bits per heavy atom. The van der Waals surface area contributed by atoms with Crippen molar-refractivity contribution in [1.82, 2.24) is 15.1 Å². The van der Waals surface area contributed by atoms with E-state index in [1.54, 1.807) is 16.8 Å². The van der Waals surface area contributed by atoms with Crippen molar-refractivity contribution >= 4 is 11.9 Å². The zero-order chi connectivity index (χ0) is 26.4. The zero-order valence-corrected chi connectivity index (χ0v) is 22.4. The van der Waals surface area contributed by atoms with Crippen molar-refractivity contribution in [3.63, 3.8) is 0 Å². The van der Waals surface area contributed by atoms with Crippen molar-refractivity contribution < 1.29 is 19.4 Å². The number of rotatable bonds is 6. The Morgan fingerprint density at radius 3 is 2.33 bits per heavy atom. The predicted molar refractivity (Wildman–Crippen MR) is 143 cm³/mol. The molecule has 1 aliphatic rings. The van der Waals surface area contributed by atoms with Crippen LogP contribution in [0.3, 0.4) is 0 Å². The number of ether oxygens (including phenoxy) is 1. The Kier molecular flexibility index (Phi) is 9.51. The van der Waals surface area contributed by atoms with Crippen LogP contribution in [0.15, 0.2) is 48.5 Å². The number of benzene rings is 2. The van der Waals surface area contributed by atoms with Gasteiger partial charge in [0.25, 0.3) is 5.91 Å². The number of hydrogen-bond acceptors (Lipinski definition) is 4. The van der Waals surface area contributed by atoms with E-state index in [0.29, 0.717) is 31.2 Å². The summed E-state index contributed by atoms with van der Waals surface area (Å²) in [4.78, 5) is 30.1. The van der Waals surface area contributed by atoms with E-state index < -0.39 is 0 Å². The van der Waals surface area contributed by atoms with Gasteiger partial charge >= 0.3 is 6.03 Å². The molecule has 0 fully saturated rings. The average Bonchev–Trinajstić information content (AvgIpc) is 2.89. The van der Waals surface area contributed by atoms with Crippen molar-refractivity contribution in [3.05, 3.63) is 59.7 Å². The minimum Gasteiger partial charge on any atom is -0.394 e. The minimum absolute atomic E-state index is 0.0507. The van der Waals surface area contributed by atoms with Gasteiger partial charge in [0.2, 0.25) is 0 Å². The lowest BCUT2D eigenvalue weighted by Crippen LogP contribution is -2.50. The summed E-state index contributed by atoms with van der Waals surface area (Å²) >= 11 is 0. The molecule has 4 atom stereocenters. The fraction of sp³-hybridized carbons (Fsp3) is 0.517. The van der Waals surface area contributed by atoms with Crippen LogP contribution in [0.2, 0.25) is 0 Å². The number of hydrogen-bond donors (Lipinski definition) is 2. The molecule has 0 spiro atoms. The Morgan fingerprint density at radius 2 is 1.69 bits per heavy atom. The number of fused-ring (bicyclic) bond motifs is 3. The maximum atomic E-state index is 13.8. The fourth-order valence-corrected chi connectivity index (χ4v) is 4.38. The van der Waals surface area contributed by atoms with E-state index in [9.17, 15) is 14.7 Å². The molecule has 0 radical (unpaired) electrons. The first kappa shape index (κ1) is 27.7. The smallest absolute Gasteiger partial charge is 0.317 e. The quantitative estimate of drug-likeness (QED) is 0.623. The zero-order valence-electron chi connectivity index (χ0n) is 22.4. The average molecular weight is 496 g/mol. The summed E-state index contributed by atoms with van der Waals surface area (Å²) in [6, 6.07) is 15.1. The second kappa shape index (κ2) is 12.4. The van der Waals surface area contributed by atoms with Gasteiger partial charge in [-0.15, -0.1) is 0 Å². The van der Waals surface area contributed by atoms with E-state index in [1.807, 2.05) is 69.3 Å². The maximum Gasteiger partial charge on any atom is 0.317 e. The van der Waals surface area contributed by atoms with E-state index in [0.717, 1.165) is 16.7 Å². The number of amides is 3. The molecule has 1 aliphatic heterocycles. The Bertz CT molecular complexity index is 1040. The molecule has 2 N–H and O–H groups in total. The van der Waals surface area contributed by atoms with Crippen molar-refractivity contribution in [2.75, 3.05) is 26.7 Å². The summed E-state index contributed by atoms with van der Waals surface area (Å²) in [7, 11) is 1.77. The molecule has 1 heterocycles. The molecule has 3 rings (SSSR count). The van der Waals surface area contributed by atoms with Gasteiger partial charge in [-0.05, 0) is 42.5 Å². The fourth-order valence-electron chi connectivity index (χ4n) is 4.38. The van der Waals surface area contributed by atoms with E-state index in [1.165, 1.54) is 0 Å². The van der Waals surface area contributed by atoms with E-state index in [4.69, 9.17) is 4.74 Å². The van der Waals surface area contributed by atoms with Gasteiger partial charge in [-0.2, -0.15) is 0 Å². The largest absolute Gasteiger partial charge is 0.394 e. The number of carbonyl (C=O) groups excluding carboxylic acids is 2. The van der Waals surface area contributed by atoms with E-state index in [2.05, 4.69) is 19.2 Å². The van der Waals surface area contributed by atoms with Crippen molar-refractivity contribution in [1.29, 1.82) is 0 Å². The molecule has 36 heavy (non-hydrogen) atoms. The number of aliphatic hydroxyl groups is 1. The SMILES string of the molecule is CC(C)[C@H](C)NC(=O)N(C)C[C@H]1OCc2ccccc2-c2ccccc2C(=O)N([C@@H](C)CO)C[C@H]1C. The van der Waals surface area contributed by atoms with Crippen LogP contribution in [-0.2, 0) is 11.3 Å². The number of urea groups is 1. The lowest BCUT2D eigenvalue weighted by Gasteiger charge is -2.35. The van der Waals surface area contributed by atoms with Crippen molar-refractivity contribution in [2.45, 2.75) is 59.4 Å². The van der Waals surface area contributed by atoms with Gasteiger partial charge in [-0.1, -0.05) is 63.2 Å². The molecule has 7 heteroatoms. The summed E-state index contributed by atoms with van der Waals surface area (Å²) in [5.41, 5.74) is 3.39.